The molecule has 0 heterocycles. The van der Waals surface area contributed by atoms with Crippen LogP contribution in [0, 0.1) is 0 Å². The molecule has 0 aromatic heterocycles. The van der Waals surface area contributed by atoms with E-state index in [9.17, 15) is 18.9 Å². The third kappa shape index (κ3) is 4.44. The number of carbonyl (C=O) groups is 3. The van der Waals surface area contributed by atoms with Crippen LogP contribution < -0.4 is 5.30 Å². The SMILES string of the molecule is CC(=O)CCO[P+](=O)c1ccc(C(C)=O)cc1C(C)=O. The highest BCUT2D eigenvalue weighted by molar-refractivity contribution is 7.48. The van der Waals surface area contributed by atoms with Crippen LogP contribution in [0.1, 0.15) is 47.9 Å². The van der Waals surface area contributed by atoms with Crippen molar-refractivity contribution in [2.24, 2.45) is 0 Å². The van der Waals surface area contributed by atoms with Gasteiger partial charge in [0.25, 0.3) is 0 Å². The molecule has 0 spiro atoms. The highest BCUT2D eigenvalue weighted by atomic mass is 31.1. The summed E-state index contributed by atoms with van der Waals surface area (Å²) in [6.07, 6.45) is 0.169. The summed E-state index contributed by atoms with van der Waals surface area (Å²) < 4.78 is 17.1. The van der Waals surface area contributed by atoms with Crippen LogP contribution >= 0.6 is 8.03 Å². The zero-order chi connectivity index (χ0) is 15.3. The molecular weight excluding hydrogens is 279 g/mol. The van der Waals surface area contributed by atoms with Crippen molar-refractivity contribution in [2.45, 2.75) is 27.2 Å². The normalized spacial score (nSPS) is 11.1. The number of carbonyl (C=O) groups excluding carboxylic acids is 3. The first-order valence-electron chi connectivity index (χ1n) is 6.08. The molecule has 0 aliphatic heterocycles. The van der Waals surface area contributed by atoms with Gasteiger partial charge < -0.3 is 0 Å². The van der Waals surface area contributed by atoms with E-state index in [2.05, 4.69) is 0 Å². The molecule has 5 nitrogen and oxygen atoms in total. The molecule has 0 saturated carbocycles. The molecule has 0 N–H and O–H groups in total. The molecule has 0 aliphatic rings. The van der Waals surface area contributed by atoms with Crippen LogP contribution in [0.2, 0.25) is 0 Å². The first kappa shape index (κ1) is 16.3. The summed E-state index contributed by atoms with van der Waals surface area (Å²) in [5, 5.41) is 0.251. The maximum Gasteiger partial charge on any atom is 0.549 e. The van der Waals surface area contributed by atoms with Gasteiger partial charge in [-0.1, -0.05) is 0 Å². The number of hydrogen-bond acceptors (Lipinski definition) is 5. The Morgan fingerprint density at radius 3 is 2.25 bits per heavy atom. The standard InChI is InChI=1S/C14H16O5P/c1-9(15)6-7-19-20(18)14-5-4-12(10(2)16)8-13(14)11(3)17/h4-5,8H,6-7H2,1-3H3/q+1. The lowest BCUT2D eigenvalue weighted by Crippen LogP contribution is -2.13. The van der Waals surface area contributed by atoms with Gasteiger partial charge in [0.05, 0.1) is 5.56 Å². The second kappa shape index (κ2) is 7.17. The maximum absolute atomic E-state index is 12.0. The van der Waals surface area contributed by atoms with Gasteiger partial charge >= 0.3 is 8.03 Å². The Kier molecular flexibility index (Phi) is 5.86. The lowest BCUT2D eigenvalue weighted by molar-refractivity contribution is -0.117. The summed E-state index contributed by atoms with van der Waals surface area (Å²) in [6.45, 7) is 4.18. The van der Waals surface area contributed by atoms with Gasteiger partial charge in [0.15, 0.2) is 11.6 Å². The number of ketones is 3. The number of Topliss-reactive ketones (excluding diaryl/α,β-unsaturated/α-hetero) is 3. The Hall–Kier alpha value is -1.71. The molecule has 0 bridgehead atoms. The van der Waals surface area contributed by atoms with Crippen molar-refractivity contribution < 1.29 is 23.5 Å². The van der Waals surface area contributed by atoms with E-state index >= 15 is 0 Å². The molecule has 1 rings (SSSR count). The van der Waals surface area contributed by atoms with Crippen molar-refractivity contribution in [1.82, 2.24) is 0 Å². The van der Waals surface area contributed by atoms with Crippen LogP contribution in [0.4, 0.5) is 0 Å². The van der Waals surface area contributed by atoms with Gasteiger partial charge in [-0.2, -0.15) is 0 Å². The average Bonchev–Trinajstić information content (AvgIpc) is 2.37. The van der Waals surface area contributed by atoms with E-state index < -0.39 is 8.03 Å². The Bertz CT molecular complexity index is 577. The van der Waals surface area contributed by atoms with E-state index in [-0.39, 0.29) is 41.2 Å². The number of hydrogen-bond donors (Lipinski definition) is 0. The van der Waals surface area contributed by atoms with Crippen molar-refractivity contribution in [1.29, 1.82) is 0 Å². The average molecular weight is 295 g/mol. The third-order valence-corrected chi connectivity index (χ3v) is 3.84. The van der Waals surface area contributed by atoms with Crippen LogP contribution in [0.5, 0.6) is 0 Å². The Morgan fingerprint density at radius 2 is 1.75 bits per heavy atom. The molecule has 1 aromatic carbocycles. The Balaban J connectivity index is 2.99. The van der Waals surface area contributed by atoms with Gasteiger partial charge in [-0.25, -0.2) is 0 Å². The summed E-state index contributed by atoms with van der Waals surface area (Å²) in [7, 11) is -2.23. The van der Waals surface area contributed by atoms with Crippen molar-refractivity contribution in [3.05, 3.63) is 29.3 Å². The van der Waals surface area contributed by atoms with Crippen molar-refractivity contribution in [3.8, 4) is 0 Å². The summed E-state index contributed by atoms with van der Waals surface area (Å²) in [5.41, 5.74) is 0.590. The fourth-order valence-corrected chi connectivity index (χ4v) is 2.55. The van der Waals surface area contributed by atoms with E-state index in [1.54, 1.807) is 0 Å². The lowest BCUT2D eigenvalue weighted by Gasteiger charge is -2.00. The first-order chi connectivity index (χ1) is 9.32. The van der Waals surface area contributed by atoms with Crippen LogP contribution in [0.3, 0.4) is 0 Å². The smallest absolute Gasteiger partial charge is 0.300 e. The quantitative estimate of drug-likeness (QED) is 0.570. The van der Waals surface area contributed by atoms with Crippen molar-refractivity contribution in [2.75, 3.05) is 6.61 Å². The van der Waals surface area contributed by atoms with Gasteiger partial charge in [0.1, 0.15) is 12.4 Å². The fraction of sp³-hybridized carbons (Fsp3) is 0.357. The van der Waals surface area contributed by atoms with Crippen LogP contribution in [0.15, 0.2) is 18.2 Å². The monoisotopic (exact) mass is 295 g/mol. The molecule has 6 heteroatoms. The predicted octanol–water partition coefficient (Wildman–Crippen LogP) is 2.46. The van der Waals surface area contributed by atoms with Gasteiger partial charge in [-0.15, -0.1) is 4.52 Å². The largest absolute Gasteiger partial charge is 0.549 e. The topological polar surface area (TPSA) is 77.5 Å². The van der Waals surface area contributed by atoms with Gasteiger partial charge in [-0.05, 0) is 43.5 Å². The van der Waals surface area contributed by atoms with E-state index in [0.717, 1.165) is 0 Å². The minimum absolute atomic E-state index is 0.0380. The van der Waals surface area contributed by atoms with Crippen molar-refractivity contribution >= 4 is 30.7 Å². The number of benzene rings is 1. The van der Waals surface area contributed by atoms with E-state index in [1.807, 2.05) is 0 Å². The summed E-state index contributed by atoms with van der Waals surface area (Å²) in [5.74, 6) is -0.527. The minimum Gasteiger partial charge on any atom is -0.300 e. The molecule has 0 fully saturated rings. The van der Waals surface area contributed by atoms with Crippen LogP contribution in [-0.2, 0) is 13.9 Å². The molecule has 1 unspecified atom stereocenters. The van der Waals surface area contributed by atoms with Crippen LogP contribution in [-0.4, -0.2) is 24.0 Å². The summed E-state index contributed by atoms with van der Waals surface area (Å²) >= 11 is 0. The van der Waals surface area contributed by atoms with Crippen molar-refractivity contribution in [3.63, 3.8) is 0 Å². The third-order valence-electron chi connectivity index (χ3n) is 2.64. The highest BCUT2D eigenvalue weighted by Gasteiger charge is 2.28. The maximum atomic E-state index is 12.0. The second-order valence-corrected chi connectivity index (χ2v) is 5.64. The highest BCUT2D eigenvalue weighted by Crippen LogP contribution is 2.25. The van der Waals surface area contributed by atoms with E-state index in [1.165, 1.54) is 39.0 Å². The van der Waals surface area contributed by atoms with E-state index in [4.69, 9.17) is 4.52 Å². The zero-order valence-corrected chi connectivity index (χ0v) is 12.5. The Labute approximate surface area is 118 Å². The predicted molar refractivity (Wildman–Crippen MR) is 74.9 cm³/mol. The molecule has 0 amide bonds. The molecule has 1 aromatic rings. The second-order valence-electron chi connectivity index (χ2n) is 4.39. The van der Waals surface area contributed by atoms with E-state index in [0.29, 0.717) is 5.56 Å². The molecule has 0 aliphatic carbocycles. The molecule has 0 radical (unpaired) electrons. The van der Waals surface area contributed by atoms with Crippen LogP contribution in [0.25, 0.3) is 0 Å². The van der Waals surface area contributed by atoms with Gasteiger partial charge in [0, 0.05) is 12.0 Å². The minimum atomic E-state index is -2.23. The zero-order valence-electron chi connectivity index (χ0n) is 11.6. The number of rotatable bonds is 7. The summed E-state index contributed by atoms with van der Waals surface area (Å²) in [4.78, 5) is 33.7. The molecule has 0 saturated heterocycles. The molecule has 20 heavy (non-hydrogen) atoms. The van der Waals surface area contributed by atoms with Gasteiger partial charge in [-0.3, -0.25) is 14.4 Å². The first-order valence-corrected chi connectivity index (χ1v) is 7.26. The summed E-state index contributed by atoms with van der Waals surface area (Å²) in [6, 6.07) is 4.38. The molecule has 1 atom stereocenters. The lowest BCUT2D eigenvalue weighted by atomic mass is 10.1. The molecule has 106 valence electrons. The van der Waals surface area contributed by atoms with Gasteiger partial charge in [0.2, 0.25) is 5.30 Å². The Morgan fingerprint density at radius 1 is 1.10 bits per heavy atom. The fourth-order valence-electron chi connectivity index (χ4n) is 1.54. The molecular formula is C14H16O5P+.